The van der Waals surface area contributed by atoms with E-state index in [-0.39, 0.29) is 42.0 Å². The Labute approximate surface area is 267 Å². The van der Waals surface area contributed by atoms with E-state index in [9.17, 15) is 34.8 Å². The summed E-state index contributed by atoms with van der Waals surface area (Å²) in [7, 11) is 6.81. The van der Waals surface area contributed by atoms with Gasteiger partial charge in [-0.2, -0.15) is 0 Å². The first-order chi connectivity index (χ1) is 21.4. The van der Waals surface area contributed by atoms with Gasteiger partial charge >= 0.3 is 0 Å². The number of carbonyl (C=O) groups excluding carboxylic acids is 3. The Balaban J connectivity index is 1.61. The number of para-hydroxylation sites is 1. The van der Waals surface area contributed by atoms with Crippen LogP contribution < -0.4 is 20.7 Å². The molecule has 46 heavy (non-hydrogen) atoms. The number of phenolic OH excluding ortho intramolecular Hbond substituents is 1. The highest BCUT2D eigenvalue weighted by Crippen LogP contribution is 2.54. The van der Waals surface area contributed by atoms with Gasteiger partial charge in [-0.1, -0.05) is 18.2 Å². The number of allylic oxidation sites excluding steroid dienone is 1. The average molecular weight is 635 g/mol. The van der Waals surface area contributed by atoms with E-state index in [1.807, 2.05) is 64.0 Å². The number of benzene rings is 2. The van der Waals surface area contributed by atoms with Gasteiger partial charge in [-0.3, -0.25) is 19.3 Å². The molecule has 2 aromatic carbocycles. The number of anilines is 2. The van der Waals surface area contributed by atoms with Crippen molar-refractivity contribution < 1.29 is 39.5 Å². The fourth-order valence-electron chi connectivity index (χ4n) is 7.10. The summed E-state index contributed by atoms with van der Waals surface area (Å²) >= 11 is 0. The number of fused-ring (bicyclic) bond motifs is 3. The Hall–Kier alpha value is -4.55. The molecule has 5 rings (SSSR count). The van der Waals surface area contributed by atoms with Crippen LogP contribution in [0.2, 0.25) is 0 Å². The van der Waals surface area contributed by atoms with Crippen molar-refractivity contribution in [1.82, 2.24) is 4.90 Å². The number of hydrogen-bond donors (Lipinski definition) is 6. The number of nitrogens with two attached hydrogens (primary N) is 1. The third-order valence-corrected chi connectivity index (χ3v) is 9.04. The molecule has 4 atom stereocenters. The standard InChI is InChI=1S/C34H42N4O8/c1-33(2,3)46-22-11-9-8-10-16(22)15-36-20-14-21(37(4)5)18-12-17-13-19-26(38(6)7)29(41)25(32(35)44)31(43)34(19,45)30(42)23(17)28(40)24(18)27(20)39/h8-11,14,17,19,26,36,39,41-42,45H,12-13,15H2,1-7H3,(H2,35,44)/t17-,19-,26-,34+/m1/s1. The van der Waals surface area contributed by atoms with Crippen LogP contribution in [0.5, 0.6) is 11.5 Å². The smallest absolute Gasteiger partial charge is 0.255 e. The second kappa shape index (κ2) is 11.4. The van der Waals surface area contributed by atoms with Crippen LogP contribution in [0.15, 0.2) is 53.0 Å². The first-order valence-corrected chi connectivity index (χ1v) is 15.1. The molecule has 2 aromatic rings. The Morgan fingerprint density at radius 3 is 2.35 bits per heavy atom. The third kappa shape index (κ3) is 5.15. The van der Waals surface area contributed by atoms with Gasteiger partial charge in [-0.25, -0.2) is 0 Å². The van der Waals surface area contributed by atoms with Gasteiger partial charge in [0.15, 0.2) is 11.4 Å². The van der Waals surface area contributed by atoms with E-state index in [1.54, 1.807) is 20.2 Å². The fraction of sp³-hybridized carbons (Fsp3) is 0.441. The minimum Gasteiger partial charge on any atom is -0.510 e. The zero-order valence-electron chi connectivity index (χ0n) is 27.1. The summed E-state index contributed by atoms with van der Waals surface area (Å²) in [5.74, 6) is -6.22. The van der Waals surface area contributed by atoms with Gasteiger partial charge in [0.1, 0.15) is 34.2 Å². The van der Waals surface area contributed by atoms with Gasteiger partial charge in [0.2, 0.25) is 5.78 Å². The number of ether oxygens (including phenoxy) is 1. The second-order valence-electron chi connectivity index (χ2n) is 13.7. The van der Waals surface area contributed by atoms with Crippen LogP contribution in [0.3, 0.4) is 0 Å². The molecule has 0 unspecified atom stereocenters. The minimum atomic E-state index is -2.70. The maximum Gasteiger partial charge on any atom is 0.255 e. The molecule has 0 heterocycles. The largest absolute Gasteiger partial charge is 0.510 e. The van der Waals surface area contributed by atoms with Crippen LogP contribution in [0.25, 0.3) is 0 Å². The lowest BCUT2D eigenvalue weighted by Gasteiger charge is -2.50. The maximum absolute atomic E-state index is 14.3. The molecule has 12 heteroatoms. The van der Waals surface area contributed by atoms with Crippen molar-refractivity contribution in [3.63, 3.8) is 0 Å². The van der Waals surface area contributed by atoms with E-state index in [4.69, 9.17) is 10.5 Å². The van der Waals surface area contributed by atoms with Crippen molar-refractivity contribution in [2.45, 2.75) is 57.4 Å². The maximum atomic E-state index is 14.3. The number of aliphatic hydroxyl groups is 3. The normalized spacial score (nSPS) is 24.4. The van der Waals surface area contributed by atoms with Crippen molar-refractivity contribution in [3.8, 4) is 11.5 Å². The summed E-state index contributed by atoms with van der Waals surface area (Å²) in [6, 6.07) is 8.18. The summed E-state index contributed by atoms with van der Waals surface area (Å²) < 4.78 is 6.10. The molecular weight excluding hydrogens is 592 g/mol. The van der Waals surface area contributed by atoms with Crippen LogP contribution in [-0.2, 0) is 22.6 Å². The molecule has 0 saturated heterocycles. The molecule has 0 spiro atoms. The monoisotopic (exact) mass is 634 g/mol. The number of primary amides is 1. The van der Waals surface area contributed by atoms with Crippen molar-refractivity contribution in [2.75, 3.05) is 38.4 Å². The highest BCUT2D eigenvalue weighted by molar-refractivity contribution is 6.25. The molecule has 1 amide bonds. The van der Waals surface area contributed by atoms with Crippen LogP contribution in [0, 0.1) is 11.8 Å². The van der Waals surface area contributed by atoms with Gasteiger partial charge in [-0.15, -0.1) is 0 Å². The van der Waals surface area contributed by atoms with Gasteiger partial charge in [0.25, 0.3) is 5.91 Å². The first kappa shape index (κ1) is 32.8. The predicted molar refractivity (Wildman–Crippen MR) is 172 cm³/mol. The van der Waals surface area contributed by atoms with E-state index in [0.29, 0.717) is 17.0 Å². The lowest BCUT2D eigenvalue weighted by molar-refractivity contribution is -0.148. The molecule has 12 nitrogen and oxygen atoms in total. The topological polar surface area (TPSA) is 186 Å². The van der Waals surface area contributed by atoms with Crippen molar-refractivity contribution in [3.05, 3.63) is 69.7 Å². The number of amides is 1. The molecule has 0 aliphatic heterocycles. The number of phenols is 1. The molecular formula is C34H42N4O8. The van der Waals surface area contributed by atoms with Crippen LogP contribution in [0.4, 0.5) is 11.4 Å². The lowest BCUT2D eigenvalue weighted by atomic mass is 9.58. The Kier molecular flexibility index (Phi) is 8.11. The predicted octanol–water partition coefficient (Wildman–Crippen LogP) is 2.98. The fourth-order valence-corrected chi connectivity index (χ4v) is 7.10. The number of aromatic hydroxyl groups is 1. The Bertz CT molecular complexity index is 1700. The number of nitrogens with zero attached hydrogens (tertiary/aromatic N) is 2. The molecule has 246 valence electrons. The Morgan fingerprint density at radius 1 is 1.11 bits per heavy atom. The number of nitrogens with one attached hydrogen (secondary N) is 1. The average Bonchev–Trinajstić information content (AvgIpc) is 2.94. The summed E-state index contributed by atoms with van der Waals surface area (Å²) in [5.41, 5.74) is 3.46. The summed E-state index contributed by atoms with van der Waals surface area (Å²) in [6.07, 6.45) is 0.210. The van der Waals surface area contributed by atoms with Gasteiger partial charge in [0.05, 0.1) is 17.3 Å². The van der Waals surface area contributed by atoms with E-state index >= 15 is 0 Å². The molecule has 0 radical (unpaired) electrons. The lowest BCUT2D eigenvalue weighted by Crippen LogP contribution is -2.63. The van der Waals surface area contributed by atoms with Crippen LogP contribution in [0.1, 0.15) is 48.7 Å². The number of hydrogen-bond acceptors (Lipinski definition) is 11. The minimum absolute atomic E-state index is 0.0178. The van der Waals surface area contributed by atoms with E-state index < -0.39 is 63.6 Å². The van der Waals surface area contributed by atoms with Crippen LogP contribution in [-0.4, -0.2) is 88.2 Å². The molecule has 3 aliphatic carbocycles. The van der Waals surface area contributed by atoms with Crippen molar-refractivity contribution in [2.24, 2.45) is 17.6 Å². The van der Waals surface area contributed by atoms with Gasteiger partial charge in [-0.05, 0) is 71.3 Å². The van der Waals surface area contributed by atoms with E-state index in [2.05, 4.69) is 5.32 Å². The zero-order valence-corrected chi connectivity index (χ0v) is 27.1. The number of Topliss-reactive ketones (excluding diaryl/α,β-unsaturated/α-hetero) is 2. The second-order valence-corrected chi connectivity index (χ2v) is 13.7. The molecule has 0 fully saturated rings. The van der Waals surface area contributed by atoms with Gasteiger partial charge in [0, 0.05) is 43.4 Å². The highest BCUT2D eigenvalue weighted by atomic mass is 16.5. The number of likely N-dealkylation sites (N-methyl/N-ethyl adjacent to an activating group) is 1. The number of aliphatic hydroxyl groups excluding tert-OH is 2. The summed E-state index contributed by atoms with van der Waals surface area (Å²) in [6.45, 7) is 6.08. The number of rotatable bonds is 7. The van der Waals surface area contributed by atoms with Gasteiger partial charge < -0.3 is 41.1 Å². The zero-order chi connectivity index (χ0) is 34.0. The molecule has 0 bridgehead atoms. The molecule has 0 aromatic heterocycles. The third-order valence-electron chi connectivity index (χ3n) is 9.04. The molecule has 3 aliphatic rings. The van der Waals surface area contributed by atoms with Crippen LogP contribution >= 0.6 is 0 Å². The van der Waals surface area contributed by atoms with E-state index in [1.165, 1.54) is 4.90 Å². The van der Waals surface area contributed by atoms with Crippen molar-refractivity contribution >= 4 is 28.8 Å². The van der Waals surface area contributed by atoms with Crippen molar-refractivity contribution in [1.29, 1.82) is 0 Å². The van der Waals surface area contributed by atoms with E-state index in [0.717, 1.165) is 5.56 Å². The molecule has 0 saturated carbocycles. The Morgan fingerprint density at radius 2 is 1.76 bits per heavy atom. The first-order valence-electron chi connectivity index (χ1n) is 15.1. The SMILES string of the molecule is CN(C)c1cc(NCc2ccccc2OC(C)(C)C)c(O)c2c1C[C@@H]1C[C@@H]3[C@@H](N(C)C)C(O)=C(C(N)=O)C(=O)[C@@]3(O)C(O)=C1C2=O. The summed E-state index contributed by atoms with van der Waals surface area (Å²) in [5, 5.41) is 49.2. The summed E-state index contributed by atoms with van der Waals surface area (Å²) in [4.78, 5) is 43.4. The number of carbonyl (C=O) groups is 3. The molecule has 7 N–H and O–H groups in total. The highest BCUT2D eigenvalue weighted by Gasteiger charge is 2.63. The quantitative estimate of drug-likeness (QED) is 0.194. The number of ketones is 2.